The first-order valence-corrected chi connectivity index (χ1v) is 5.01. The number of hydrogen-bond donors (Lipinski definition) is 2. The highest BCUT2D eigenvalue weighted by molar-refractivity contribution is 5.51. The molecule has 1 atom stereocenters. The van der Waals surface area contributed by atoms with Crippen molar-refractivity contribution in [2.24, 2.45) is 5.73 Å². The molecule has 0 aliphatic carbocycles. The Bertz CT molecular complexity index is 436. The molecule has 0 saturated carbocycles. The molecule has 0 bridgehead atoms. The quantitative estimate of drug-likeness (QED) is 0.746. The van der Waals surface area contributed by atoms with E-state index in [1.54, 1.807) is 6.20 Å². The molecule has 15 heavy (non-hydrogen) atoms. The Morgan fingerprint density at radius 2 is 2.40 bits per heavy atom. The molecule has 0 radical (unpaired) electrons. The molecule has 0 aromatic carbocycles. The van der Waals surface area contributed by atoms with E-state index in [1.165, 1.54) is 0 Å². The Kier molecular flexibility index (Phi) is 2.94. The van der Waals surface area contributed by atoms with Crippen LogP contribution in [-0.2, 0) is 6.54 Å². The molecule has 2 rings (SSSR count). The summed E-state index contributed by atoms with van der Waals surface area (Å²) in [6.07, 6.45) is 7.23. The zero-order valence-corrected chi connectivity index (χ0v) is 8.72. The summed E-state index contributed by atoms with van der Waals surface area (Å²) >= 11 is 0. The summed E-state index contributed by atoms with van der Waals surface area (Å²) in [6, 6.07) is 0.316. The van der Waals surface area contributed by atoms with Gasteiger partial charge in [-0.2, -0.15) is 5.10 Å². The molecule has 0 amide bonds. The Morgan fingerprint density at radius 1 is 1.53 bits per heavy atom. The van der Waals surface area contributed by atoms with Crippen molar-refractivity contribution in [1.82, 2.24) is 19.9 Å². The van der Waals surface area contributed by atoms with Crippen molar-refractivity contribution >= 4 is 5.52 Å². The molecule has 3 N–H and O–H groups in total. The van der Waals surface area contributed by atoms with E-state index in [1.807, 2.05) is 23.1 Å². The Labute approximate surface area is 88.3 Å². The smallest absolute Gasteiger partial charge is 0.0889 e. The maximum absolute atomic E-state index is 5.53. The van der Waals surface area contributed by atoms with Crippen LogP contribution in [0.1, 0.15) is 12.5 Å². The molecular weight excluding hydrogens is 190 g/mol. The number of nitrogens with one attached hydrogen (secondary N) is 1. The van der Waals surface area contributed by atoms with E-state index in [0.717, 1.165) is 17.6 Å². The third-order valence-electron chi connectivity index (χ3n) is 2.40. The Hall–Kier alpha value is -1.46. The zero-order chi connectivity index (χ0) is 10.7. The minimum atomic E-state index is 0.316. The number of nitrogens with two attached hydrogens (primary N) is 1. The highest BCUT2D eigenvalue weighted by atomic mass is 15.2. The van der Waals surface area contributed by atoms with Crippen LogP contribution in [0.15, 0.2) is 24.8 Å². The Morgan fingerprint density at radius 3 is 3.20 bits per heavy atom. The summed E-state index contributed by atoms with van der Waals surface area (Å²) in [4.78, 5) is 4.08. The van der Waals surface area contributed by atoms with Crippen molar-refractivity contribution in [3.05, 3.63) is 30.4 Å². The van der Waals surface area contributed by atoms with Gasteiger partial charge in [0, 0.05) is 37.1 Å². The number of rotatable bonds is 4. The van der Waals surface area contributed by atoms with Gasteiger partial charge in [0.15, 0.2) is 0 Å². The van der Waals surface area contributed by atoms with E-state index in [2.05, 4.69) is 22.3 Å². The van der Waals surface area contributed by atoms with Gasteiger partial charge in [-0.15, -0.1) is 0 Å². The van der Waals surface area contributed by atoms with Crippen LogP contribution in [0, 0.1) is 0 Å². The highest BCUT2D eigenvalue weighted by Gasteiger charge is 2.04. The molecule has 80 valence electrons. The predicted octanol–water partition coefficient (Wildman–Crippen LogP) is 0.166. The van der Waals surface area contributed by atoms with Gasteiger partial charge in [-0.3, -0.25) is 4.98 Å². The summed E-state index contributed by atoms with van der Waals surface area (Å²) in [7, 11) is 0. The standard InChI is InChI=1S/C10H15N5/c1-8(4-11)13-5-9-6-14-15-3-2-12-7-10(9)15/h2-3,6-8,13H,4-5,11H2,1H3/t8-/m0/s1. The van der Waals surface area contributed by atoms with Crippen LogP contribution in [0.25, 0.3) is 5.52 Å². The maximum Gasteiger partial charge on any atom is 0.0889 e. The SMILES string of the molecule is C[C@@H](CN)NCc1cnn2ccncc12. The lowest BCUT2D eigenvalue weighted by Gasteiger charge is -2.09. The van der Waals surface area contributed by atoms with Crippen molar-refractivity contribution in [2.45, 2.75) is 19.5 Å². The molecule has 2 aromatic heterocycles. The second-order valence-corrected chi connectivity index (χ2v) is 3.59. The maximum atomic E-state index is 5.53. The summed E-state index contributed by atoms with van der Waals surface area (Å²) < 4.78 is 1.82. The van der Waals surface area contributed by atoms with Gasteiger partial charge in [-0.25, -0.2) is 4.52 Å². The summed E-state index contributed by atoms with van der Waals surface area (Å²) in [5.74, 6) is 0. The van der Waals surface area contributed by atoms with Gasteiger partial charge in [-0.05, 0) is 6.92 Å². The van der Waals surface area contributed by atoms with Crippen LogP contribution in [0.5, 0.6) is 0 Å². The van der Waals surface area contributed by atoms with Gasteiger partial charge in [0.25, 0.3) is 0 Å². The minimum Gasteiger partial charge on any atom is -0.329 e. The first-order valence-electron chi connectivity index (χ1n) is 5.01. The zero-order valence-electron chi connectivity index (χ0n) is 8.72. The van der Waals surface area contributed by atoms with Gasteiger partial charge >= 0.3 is 0 Å². The number of hydrogen-bond acceptors (Lipinski definition) is 4. The summed E-state index contributed by atoms with van der Waals surface area (Å²) in [6.45, 7) is 3.47. The van der Waals surface area contributed by atoms with E-state index in [9.17, 15) is 0 Å². The molecule has 0 unspecified atom stereocenters. The van der Waals surface area contributed by atoms with Crippen molar-refractivity contribution in [3.8, 4) is 0 Å². The topological polar surface area (TPSA) is 68.2 Å². The molecular formula is C10H15N5. The van der Waals surface area contributed by atoms with Gasteiger partial charge < -0.3 is 11.1 Å². The molecule has 0 aliphatic rings. The van der Waals surface area contributed by atoms with Crippen molar-refractivity contribution in [1.29, 1.82) is 0 Å². The lowest BCUT2D eigenvalue weighted by molar-refractivity contribution is 0.558. The normalized spacial score (nSPS) is 13.2. The fourth-order valence-corrected chi connectivity index (χ4v) is 1.39. The van der Waals surface area contributed by atoms with Crippen molar-refractivity contribution in [3.63, 3.8) is 0 Å². The van der Waals surface area contributed by atoms with Crippen LogP contribution in [0.4, 0.5) is 0 Å². The molecule has 5 nitrogen and oxygen atoms in total. The first-order chi connectivity index (χ1) is 7.31. The molecule has 0 saturated heterocycles. The first kappa shape index (κ1) is 10.1. The number of fused-ring (bicyclic) bond motifs is 1. The third kappa shape index (κ3) is 2.14. The average molecular weight is 205 g/mol. The van der Waals surface area contributed by atoms with Crippen molar-refractivity contribution < 1.29 is 0 Å². The molecule has 0 spiro atoms. The summed E-state index contributed by atoms with van der Waals surface area (Å²) in [5, 5.41) is 7.55. The monoisotopic (exact) mass is 205 g/mol. The number of nitrogens with zero attached hydrogens (tertiary/aromatic N) is 3. The van der Waals surface area contributed by atoms with E-state index in [4.69, 9.17) is 5.73 Å². The fourth-order valence-electron chi connectivity index (χ4n) is 1.39. The van der Waals surface area contributed by atoms with Crippen LogP contribution in [0.2, 0.25) is 0 Å². The van der Waals surface area contributed by atoms with Crippen LogP contribution in [0.3, 0.4) is 0 Å². The van der Waals surface area contributed by atoms with Gasteiger partial charge in [0.05, 0.1) is 17.9 Å². The second kappa shape index (κ2) is 4.37. The lowest BCUT2D eigenvalue weighted by Crippen LogP contribution is -2.32. The lowest BCUT2D eigenvalue weighted by atomic mass is 10.2. The van der Waals surface area contributed by atoms with E-state index >= 15 is 0 Å². The molecule has 2 aromatic rings. The Balaban J connectivity index is 2.14. The minimum absolute atomic E-state index is 0.316. The molecule has 0 fully saturated rings. The van der Waals surface area contributed by atoms with Crippen LogP contribution < -0.4 is 11.1 Å². The van der Waals surface area contributed by atoms with Crippen LogP contribution in [-0.4, -0.2) is 27.2 Å². The van der Waals surface area contributed by atoms with Crippen molar-refractivity contribution in [2.75, 3.05) is 6.54 Å². The predicted molar refractivity (Wildman–Crippen MR) is 58.3 cm³/mol. The van der Waals surface area contributed by atoms with E-state index < -0.39 is 0 Å². The van der Waals surface area contributed by atoms with Gasteiger partial charge in [0.1, 0.15) is 0 Å². The largest absolute Gasteiger partial charge is 0.329 e. The summed E-state index contributed by atoms with van der Waals surface area (Å²) in [5.41, 5.74) is 7.71. The number of aromatic nitrogens is 3. The van der Waals surface area contributed by atoms with E-state index in [-0.39, 0.29) is 0 Å². The third-order valence-corrected chi connectivity index (χ3v) is 2.40. The van der Waals surface area contributed by atoms with Crippen LogP contribution >= 0.6 is 0 Å². The fraction of sp³-hybridized carbons (Fsp3) is 0.400. The average Bonchev–Trinajstić information content (AvgIpc) is 2.69. The molecule has 5 heteroatoms. The van der Waals surface area contributed by atoms with Gasteiger partial charge in [0.2, 0.25) is 0 Å². The van der Waals surface area contributed by atoms with Gasteiger partial charge in [-0.1, -0.05) is 0 Å². The van der Waals surface area contributed by atoms with E-state index in [0.29, 0.717) is 12.6 Å². The highest BCUT2D eigenvalue weighted by Crippen LogP contribution is 2.07. The second-order valence-electron chi connectivity index (χ2n) is 3.59. The molecule has 0 aliphatic heterocycles. The molecule has 2 heterocycles.